The van der Waals surface area contributed by atoms with Crippen LogP contribution in [0.2, 0.25) is 5.02 Å². The molecule has 2 aromatic carbocycles. The van der Waals surface area contributed by atoms with Crippen molar-refractivity contribution in [1.29, 1.82) is 0 Å². The molecule has 2 aromatic heterocycles. The SMILES string of the molecule is Nc1nonc1-n1nnc(C(=O)NN=Cc2cccc(Cl)c2)c1-c1ccc([N+](=O)[O-])cc1. The number of benzene rings is 2. The third kappa shape index (κ3) is 4.13. The van der Waals surface area contributed by atoms with Gasteiger partial charge in [-0.1, -0.05) is 28.9 Å². The summed E-state index contributed by atoms with van der Waals surface area (Å²) >= 11 is 5.92. The molecule has 14 heteroatoms. The number of nitrogens with two attached hydrogens (primary N) is 1. The lowest BCUT2D eigenvalue weighted by molar-refractivity contribution is -0.384. The van der Waals surface area contributed by atoms with Gasteiger partial charge in [0.2, 0.25) is 11.6 Å². The first-order valence-electron chi connectivity index (χ1n) is 8.82. The maximum Gasteiger partial charge on any atom is 0.294 e. The van der Waals surface area contributed by atoms with E-state index in [2.05, 4.69) is 35.8 Å². The number of hydrogen-bond donors (Lipinski definition) is 2. The summed E-state index contributed by atoms with van der Waals surface area (Å²) in [6, 6.07) is 12.3. The van der Waals surface area contributed by atoms with E-state index >= 15 is 0 Å². The normalized spacial score (nSPS) is 11.0. The summed E-state index contributed by atoms with van der Waals surface area (Å²) < 4.78 is 5.74. The number of rotatable bonds is 6. The Kier molecular flexibility index (Phi) is 5.55. The van der Waals surface area contributed by atoms with Crippen molar-refractivity contribution in [2.24, 2.45) is 5.10 Å². The van der Waals surface area contributed by atoms with Crippen molar-refractivity contribution < 1.29 is 14.3 Å². The van der Waals surface area contributed by atoms with Gasteiger partial charge in [0, 0.05) is 22.7 Å². The number of hydrazone groups is 1. The van der Waals surface area contributed by atoms with E-state index in [9.17, 15) is 14.9 Å². The highest BCUT2D eigenvalue weighted by Crippen LogP contribution is 2.28. The summed E-state index contributed by atoms with van der Waals surface area (Å²) in [7, 11) is 0. The van der Waals surface area contributed by atoms with Gasteiger partial charge in [-0.15, -0.1) is 5.10 Å². The van der Waals surface area contributed by atoms with Gasteiger partial charge < -0.3 is 5.73 Å². The standard InChI is InChI=1S/C18H12ClN9O4/c19-12-3-1-2-10(8-12)9-21-23-18(29)14-15(11-4-6-13(7-5-11)28(30)31)27(26-22-14)17-16(20)24-32-25-17/h1-9H,(H2,20,24)(H,23,29). The molecule has 0 fully saturated rings. The summed E-state index contributed by atoms with van der Waals surface area (Å²) in [6.07, 6.45) is 1.40. The van der Waals surface area contributed by atoms with Crippen molar-refractivity contribution in [3.63, 3.8) is 0 Å². The maximum absolute atomic E-state index is 12.8. The Balaban J connectivity index is 1.70. The highest BCUT2D eigenvalue weighted by Gasteiger charge is 2.25. The van der Waals surface area contributed by atoms with Crippen LogP contribution in [0.4, 0.5) is 11.5 Å². The minimum absolute atomic E-state index is 0.00710. The second-order valence-corrected chi connectivity index (χ2v) is 6.67. The number of nitro benzene ring substituents is 1. The third-order valence-corrected chi connectivity index (χ3v) is 4.40. The number of nitrogens with zero attached hydrogens (tertiary/aromatic N) is 7. The number of nitrogens with one attached hydrogen (secondary N) is 1. The van der Waals surface area contributed by atoms with E-state index in [1.165, 1.54) is 30.5 Å². The Labute approximate surface area is 183 Å². The summed E-state index contributed by atoms with van der Waals surface area (Å²) in [5, 5.41) is 30.3. The van der Waals surface area contributed by atoms with E-state index in [-0.39, 0.29) is 28.7 Å². The highest BCUT2D eigenvalue weighted by atomic mass is 35.5. The minimum atomic E-state index is -0.696. The quantitative estimate of drug-likeness (QED) is 0.251. The summed E-state index contributed by atoms with van der Waals surface area (Å²) in [5.74, 6) is -0.797. The van der Waals surface area contributed by atoms with Crippen molar-refractivity contribution in [1.82, 2.24) is 30.7 Å². The molecular formula is C18H12ClN9O4. The second-order valence-electron chi connectivity index (χ2n) is 6.23. The Morgan fingerprint density at radius 2 is 2.03 bits per heavy atom. The summed E-state index contributed by atoms with van der Waals surface area (Å²) in [5.41, 5.74) is 9.03. The average Bonchev–Trinajstić information content (AvgIpc) is 3.39. The number of hydrogen-bond acceptors (Lipinski definition) is 10. The summed E-state index contributed by atoms with van der Waals surface area (Å²) in [6.45, 7) is 0. The number of aromatic nitrogens is 5. The first kappa shape index (κ1) is 20.6. The number of carbonyl (C=O) groups excluding carboxylic acids is 1. The molecule has 32 heavy (non-hydrogen) atoms. The van der Waals surface area contributed by atoms with Crippen LogP contribution in [0, 0.1) is 10.1 Å². The largest absolute Gasteiger partial charge is 0.378 e. The van der Waals surface area contributed by atoms with E-state index in [0.717, 1.165) is 4.68 Å². The van der Waals surface area contributed by atoms with Crippen LogP contribution in [0.25, 0.3) is 17.1 Å². The molecule has 0 bridgehead atoms. The molecule has 160 valence electrons. The molecule has 0 aliphatic rings. The number of nitrogen functional groups attached to an aromatic ring is 1. The molecule has 0 saturated carbocycles. The molecule has 0 radical (unpaired) electrons. The topological polar surface area (TPSA) is 180 Å². The molecule has 4 rings (SSSR count). The lowest BCUT2D eigenvalue weighted by Crippen LogP contribution is -2.19. The van der Waals surface area contributed by atoms with Gasteiger partial charge in [-0.05, 0) is 40.1 Å². The fraction of sp³-hybridized carbons (Fsp3) is 0. The molecule has 0 aliphatic heterocycles. The van der Waals surface area contributed by atoms with Crippen molar-refractivity contribution in [2.45, 2.75) is 0 Å². The van der Waals surface area contributed by atoms with Gasteiger partial charge in [0.15, 0.2) is 5.69 Å². The first-order valence-corrected chi connectivity index (χ1v) is 9.19. The van der Waals surface area contributed by atoms with Crippen LogP contribution in [-0.2, 0) is 0 Å². The molecule has 0 spiro atoms. The van der Waals surface area contributed by atoms with E-state index in [1.54, 1.807) is 24.3 Å². The van der Waals surface area contributed by atoms with E-state index in [0.29, 0.717) is 16.1 Å². The maximum atomic E-state index is 12.8. The van der Waals surface area contributed by atoms with Crippen LogP contribution in [0.5, 0.6) is 0 Å². The fourth-order valence-electron chi connectivity index (χ4n) is 2.73. The molecular weight excluding hydrogens is 442 g/mol. The fourth-order valence-corrected chi connectivity index (χ4v) is 2.92. The monoisotopic (exact) mass is 453 g/mol. The number of carbonyl (C=O) groups is 1. The summed E-state index contributed by atoms with van der Waals surface area (Å²) in [4.78, 5) is 23.2. The van der Waals surface area contributed by atoms with E-state index in [4.69, 9.17) is 17.3 Å². The first-order chi connectivity index (χ1) is 15.4. The van der Waals surface area contributed by atoms with Gasteiger partial charge in [0.25, 0.3) is 11.6 Å². The Hall–Kier alpha value is -4.65. The minimum Gasteiger partial charge on any atom is -0.378 e. The van der Waals surface area contributed by atoms with Gasteiger partial charge in [-0.25, -0.2) is 10.1 Å². The van der Waals surface area contributed by atoms with Crippen LogP contribution >= 0.6 is 11.6 Å². The van der Waals surface area contributed by atoms with Gasteiger partial charge >= 0.3 is 0 Å². The van der Waals surface area contributed by atoms with Crippen molar-refractivity contribution in [3.8, 4) is 17.1 Å². The zero-order valence-electron chi connectivity index (χ0n) is 15.9. The number of halogens is 1. The number of amides is 1. The zero-order chi connectivity index (χ0) is 22.7. The number of anilines is 1. The Morgan fingerprint density at radius 3 is 2.69 bits per heavy atom. The Morgan fingerprint density at radius 1 is 1.25 bits per heavy atom. The van der Waals surface area contributed by atoms with Crippen LogP contribution in [0.1, 0.15) is 16.1 Å². The van der Waals surface area contributed by atoms with Crippen LogP contribution in [-0.4, -0.2) is 42.4 Å². The van der Waals surface area contributed by atoms with E-state index in [1.807, 2.05) is 0 Å². The van der Waals surface area contributed by atoms with Crippen molar-refractivity contribution in [2.75, 3.05) is 5.73 Å². The van der Waals surface area contributed by atoms with Gasteiger partial charge in [0.1, 0.15) is 5.69 Å². The van der Waals surface area contributed by atoms with Crippen LogP contribution < -0.4 is 11.2 Å². The predicted octanol–water partition coefficient (Wildman–Crippen LogP) is 2.22. The van der Waals surface area contributed by atoms with Crippen LogP contribution in [0.15, 0.2) is 58.3 Å². The van der Waals surface area contributed by atoms with Gasteiger partial charge in [-0.2, -0.15) is 9.78 Å². The Bertz CT molecular complexity index is 1330. The number of nitro groups is 1. The molecule has 2 heterocycles. The molecule has 0 unspecified atom stereocenters. The van der Waals surface area contributed by atoms with E-state index < -0.39 is 10.8 Å². The molecule has 3 N–H and O–H groups in total. The number of non-ortho nitro benzene ring substituents is 1. The van der Waals surface area contributed by atoms with Crippen molar-refractivity contribution in [3.05, 3.63) is 74.9 Å². The van der Waals surface area contributed by atoms with Crippen molar-refractivity contribution >= 4 is 35.2 Å². The molecule has 13 nitrogen and oxygen atoms in total. The highest BCUT2D eigenvalue weighted by molar-refractivity contribution is 6.30. The lowest BCUT2D eigenvalue weighted by Gasteiger charge is -2.05. The zero-order valence-corrected chi connectivity index (χ0v) is 16.7. The molecule has 1 amide bonds. The molecule has 0 atom stereocenters. The van der Waals surface area contributed by atoms with Crippen LogP contribution in [0.3, 0.4) is 0 Å². The third-order valence-electron chi connectivity index (χ3n) is 4.16. The second kappa shape index (κ2) is 8.61. The molecule has 4 aromatic rings. The molecule has 0 aliphatic carbocycles. The average molecular weight is 454 g/mol. The smallest absolute Gasteiger partial charge is 0.294 e. The van der Waals surface area contributed by atoms with Gasteiger partial charge in [-0.3, -0.25) is 14.9 Å². The predicted molar refractivity (Wildman–Crippen MR) is 112 cm³/mol. The molecule has 0 saturated heterocycles. The van der Waals surface area contributed by atoms with Gasteiger partial charge in [0.05, 0.1) is 11.1 Å². The lowest BCUT2D eigenvalue weighted by atomic mass is 10.1.